The van der Waals surface area contributed by atoms with Crippen molar-refractivity contribution in [2.24, 2.45) is 5.92 Å². The van der Waals surface area contributed by atoms with Crippen LogP contribution in [-0.2, 0) is 6.18 Å². The molecule has 0 bridgehead atoms. The Balaban J connectivity index is 1.93. The molecule has 3 rings (SSSR count). The Morgan fingerprint density at radius 1 is 1.14 bits per heavy atom. The molecule has 9 heteroatoms. The van der Waals surface area contributed by atoms with E-state index in [2.05, 4.69) is 10.5 Å². The summed E-state index contributed by atoms with van der Waals surface area (Å²) >= 11 is 0. The van der Waals surface area contributed by atoms with Crippen LogP contribution in [0.3, 0.4) is 0 Å². The van der Waals surface area contributed by atoms with E-state index in [1.165, 1.54) is 24.3 Å². The molecule has 2 heterocycles. The van der Waals surface area contributed by atoms with E-state index in [9.17, 15) is 18.0 Å². The SMILES string of the molecule is CC(C)C(C)NC(=O)c1c(-c2ccc(-c3cccc(C(F)(F)F)c3)o2)noc1N. The molecule has 1 unspecified atom stereocenters. The van der Waals surface area contributed by atoms with Gasteiger partial charge in [0.25, 0.3) is 5.91 Å². The number of hydrogen-bond acceptors (Lipinski definition) is 5. The van der Waals surface area contributed by atoms with Gasteiger partial charge in [0.1, 0.15) is 11.3 Å². The predicted octanol–water partition coefficient (Wildman–Crippen LogP) is 4.98. The number of nitrogens with zero attached hydrogens (tertiary/aromatic N) is 1. The van der Waals surface area contributed by atoms with Crippen molar-refractivity contribution in [1.29, 1.82) is 0 Å². The third-order valence-electron chi connectivity index (χ3n) is 4.62. The fraction of sp³-hybridized carbons (Fsp3) is 0.300. The van der Waals surface area contributed by atoms with Gasteiger partial charge in [-0.15, -0.1) is 0 Å². The third-order valence-corrected chi connectivity index (χ3v) is 4.62. The van der Waals surface area contributed by atoms with Crippen molar-refractivity contribution in [2.75, 3.05) is 5.73 Å². The first-order valence-corrected chi connectivity index (χ1v) is 8.91. The average Bonchev–Trinajstić information content (AvgIpc) is 3.27. The van der Waals surface area contributed by atoms with Gasteiger partial charge in [-0.3, -0.25) is 4.79 Å². The number of nitrogen functional groups attached to an aromatic ring is 1. The predicted molar refractivity (Wildman–Crippen MR) is 101 cm³/mol. The van der Waals surface area contributed by atoms with Gasteiger partial charge in [-0.2, -0.15) is 13.2 Å². The molecule has 3 aromatic rings. The van der Waals surface area contributed by atoms with Gasteiger partial charge < -0.3 is 20.0 Å². The summed E-state index contributed by atoms with van der Waals surface area (Å²) in [5, 5.41) is 6.60. The van der Waals surface area contributed by atoms with Crippen molar-refractivity contribution in [3.63, 3.8) is 0 Å². The van der Waals surface area contributed by atoms with Gasteiger partial charge >= 0.3 is 6.18 Å². The van der Waals surface area contributed by atoms with Crippen LogP contribution in [0.15, 0.2) is 45.3 Å². The zero-order valence-electron chi connectivity index (χ0n) is 16.0. The fourth-order valence-corrected chi connectivity index (χ4v) is 2.61. The van der Waals surface area contributed by atoms with Gasteiger partial charge in [-0.25, -0.2) is 0 Å². The average molecular weight is 407 g/mol. The summed E-state index contributed by atoms with van der Waals surface area (Å²) in [7, 11) is 0. The second kappa shape index (κ2) is 7.65. The van der Waals surface area contributed by atoms with Crippen molar-refractivity contribution in [1.82, 2.24) is 10.5 Å². The van der Waals surface area contributed by atoms with Gasteiger partial charge in [0.15, 0.2) is 11.5 Å². The fourth-order valence-electron chi connectivity index (χ4n) is 2.61. The van der Waals surface area contributed by atoms with Crippen LogP contribution < -0.4 is 11.1 Å². The number of furan rings is 1. The zero-order valence-corrected chi connectivity index (χ0v) is 16.0. The zero-order chi connectivity index (χ0) is 21.3. The number of rotatable bonds is 5. The van der Waals surface area contributed by atoms with Crippen LogP contribution in [-0.4, -0.2) is 17.1 Å². The highest BCUT2D eigenvalue weighted by atomic mass is 19.4. The summed E-state index contributed by atoms with van der Waals surface area (Å²) in [6, 6.07) is 7.61. The topological polar surface area (TPSA) is 94.3 Å². The molecular weight excluding hydrogens is 387 g/mol. The van der Waals surface area contributed by atoms with Gasteiger partial charge in [-0.1, -0.05) is 31.1 Å². The van der Waals surface area contributed by atoms with E-state index in [1.807, 2.05) is 20.8 Å². The van der Waals surface area contributed by atoms with Crippen LogP contribution in [0.2, 0.25) is 0 Å². The number of benzene rings is 1. The number of aromatic nitrogens is 1. The maximum Gasteiger partial charge on any atom is 0.416 e. The van der Waals surface area contributed by atoms with E-state index in [4.69, 9.17) is 14.7 Å². The molecule has 0 aliphatic carbocycles. The number of hydrogen-bond donors (Lipinski definition) is 2. The second-order valence-electron chi connectivity index (χ2n) is 7.02. The minimum absolute atomic E-state index is 0.0162. The Bertz CT molecular complexity index is 1020. The Labute approximate surface area is 164 Å². The number of anilines is 1. The molecule has 0 fully saturated rings. The molecule has 0 aliphatic rings. The maximum absolute atomic E-state index is 12.9. The molecule has 1 atom stereocenters. The summed E-state index contributed by atoms with van der Waals surface area (Å²) in [6.07, 6.45) is -4.47. The molecular formula is C20H20F3N3O3. The summed E-state index contributed by atoms with van der Waals surface area (Å²) in [5.41, 5.74) is 5.30. The number of carbonyl (C=O) groups is 1. The van der Waals surface area contributed by atoms with Crippen LogP contribution in [0, 0.1) is 5.92 Å². The van der Waals surface area contributed by atoms with Crippen LogP contribution in [0.5, 0.6) is 0 Å². The van der Waals surface area contributed by atoms with Gasteiger partial charge in [0.2, 0.25) is 5.88 Å². The van der Waals surface area contributed by atoms with Crippen molar-refractivity contribution in [3.8, 4) is 22.8 Å². The Hall–Kier alpha value is -3.23. The molecule has 0 saturated carbocycles. The number of nitrogens with one attached hydrogen (secondary N) is 1. The highest BCUT2D eigenvalue weighted by molar-refractivity contribution is 6.03. The highest BCUT2D eigenvalue weighted by Gasteiger charge is 2.31. The number of alkyl halides is 3. The van der Waals surface area contributed by atoms with Crippen molar-refractivity contribution in [2.45, 2.75) is 33.0 Å². The number of amides is 1. The Morgan fingerprint density at radius 3 is 2.48 bits per heavy atom. The van der Waals surface area contributed by atoms with E-state index in [-0.39, 0.29) is 46.2 Å². The lowest BCUT2D eigenvalue weighted by molar-refractivity contribution is -0.137. The molecule has 1 aromatic carbocycles. The van der Waals surface area contributed by atoms with E-state index in [0.29, 0.717) is 0 Å². The highest BCUT2D eigenvalue weighted by Crippen LogP contribution is 2.35. The second-order valence-corrected chi connectivity index (χ2v) is 7.02. The lowest BCUT2D eigenvalue weighted by atomic mass is 10.1. The van der Waals surface area contributed by atoms with Crippen LogP contribution in [0.4, 0.5) is 19.1 Å². The monoisotopic (exact) mass is 407 g/mol. The van der Waals surface area contributed by atoms with Gasteiger partial charge in [0.05, 0.1) is 5.56 Å². The van der Waals surface area contributed by atoms with E-state index in [0.717, 1.165) is 12.1 Å². The molecule has 154 valence electrons. The molecule has 0 saturated heterocycles. The smallest absolute Gasteiger partial charge is 0.416 e. The van der Waals surface area contributed by atoms with E-state index < -0.39 is 17.6 Å². The van der Waals surface area contributed by atoms with Crippen molar-refractivity contribution in [3.05, 3.63) is 47.5 Å². The molecule has 6 nitrogen and oxygen atoms in total. The largest absolute Gasteiger partial charge is 0.454 e. The standard InChI is InChI=1S/C20H20F3N3O3/c1-10(2)11(3)25-19(27)16-17(26-29-18(16)24)15-8-7-14(28-15)12-5-4-6-13(9-12)20(21,22)23/h4-11H,24H2,1-3H3,(H,25,27). The third kappa shape index (κ3) is 4.28. The molecule has 0 spiro atoms. The van der Waals surface area contributed by atoms with Gasteiger partial charge in [0, 0.05) is 11.6 Å². The molecule has 2 aromatic heterocycles. The van der Waals surface area contributed by atoms with Crippen molar-refractivity contribution < 1.29 is 26.9 Å². The van der Waals surface area contributed by atoms with Crippen LogP contribution in [0.1, 0.15) is 36.7 Å². The molecule has 1 amide bonds. The Kier molecular flexibility index (Phi) is 5.41. The van der Waals surface area contributed by atoms with Gasteiger partial charge in [-0.05, 0) is 37.1 Å². The number of nitrogens with two attached hydrogens (primary N) is 1. The Morgan fingerprint density at radius 2 is 1.83 bits per heavy atom. The molecule has 0 aliphatic heterocycles. The summed E-state index contributed by atoms with van der Waals surface area (Å²) < 4.78 is 49.4. The minimum atomic E-state index is -4.47. The van der Waals surface area contributed by atoms with Crippen LogP contribution in [0.25, 0.3) is 22.8 Å². The number of halogens is 3. The first-order valence-electron chi connectivity index (χ1n) is 8.91. The van der Waals surface area contributed by atoms with Crippen molar-refractivity contribution >= 4 is 11.8 Å². The van der Waals surface area contributed by atoms with E-state index >= 15 is 0 Å². The van der Waals surface area contributed by atoms with Crippen LogP contribution >= 0.6 is 0 Å². The quantitative estimate of drug-likeness (QED) is 0.622. The molecule has 0 radical (unpaired) electrons. The maximum atomic E-state index is 12.9. The lowest BCUT2D eigenvalue weighted by Gasteiger charge is -2.17. The summed E-state index contributed by atoms with van der Waals surface area (Å²) in [4.78, 5) is 12.6. The first-order chi connectivity index (χ1) is 13.6. The summed E-state index contributed by atoms with van der Waals surface area (Å²) in [6.45, 7) is 5.76. The lowest BCUT2D eigenvalue weighted by Crippen LogP contribution is -2.36. The first kappa shape index (κ1) is 20.5. The number of carbonyl (C=O) groups excluding carboxylic acids is 1. The molecule has 29 heavy (non-hydrogen) atoms. The normalized spacial score (nSPS) is 12.9. The van der Waals surface area contributed by atoms with E-state index in [1.54, 1.807) is 0 Å². The molecule has 3 N–H and O–H groups in total. The summed E-state index contributed by atoms with van der Waals surface area (Å²) in [5.74, 6) is -0.114. The minimum Gasteiger partial charge on any atom is -0.454 e.